The highest BCUT2D eigenvalue weighted by Crippen LogP contribution is 2.37. The van der Waals surface area contributed by atoms with Crippen molar-refractivity contribution in [2.45, 2.75) is 26.1 Å². The Kier molecular flexibility index (Phi) is 6.81. The highest BCUT2D eigenvalue weighted by molar-refractivity contribution is 5.96. The summed E-state index contributed by atoms with van der Waals surface area (Å²) in [6.45, 7) is 11.1. The van der Waals surface area contributed by atoms with E-state index in [1.54, 1.807) is 12.1 Å². The number of piperazine rings is 1. The zero-order valence-corrected chi connectivity index (χ0v) is 19.3. The van der Waals surface area contributed by atoms with Gasteiger partial charge >= 0.3 is 6.18 Å². The SMILES string of the molecule is C=C(c1nc(-c2ccc(OC)c3nc(C(F)(F)F)ccc23)oc1CN)N1CCN(CCC)CC1. The molecule has 7 nitrogen and oxygen atoms in total. The van der Waals surface area contributed by atoms with Crippen molar-refractivity contribution in [2.75, 3.05) is 39.8 Å². The predicted octanol–water partition coefficient (Wildman–Crippen LogP) is 4.37. The van der Waals surface area contributed by atoms with Gasteiger partial charge in [-0.3, -0.25) is 4.90 Å². The number of pyridine rings is 1. The highest BCUT2D eigenvalue weighted by atomic mass is 19.4. The number of halogens is 3. The molecule has 0 saturated carbocycles. The molecule has 1 aliphatic rings. The van der Waals surface area contributed by atoms with Crippen LogP contribution in [0.4, 0.5) is 13.2 Å². The number of methoxy groups -OCH3 is 1. The van der Waals surface area contributed by atoms with Gasteiger partial charge in [0.1, 0.15) is 28.4 Å². The van der Waals surface area contributed by atoms with Crippen LogP contribution >= 0.6 is 0 Å². The van der Waals surface area contributed by atoms with Crippen molar-refractivity contribution >= 4 is 16.6 Å². The third kappa shape index (κ3) is 4.60. The quantitative estimate of drug-likeness (QED) is 0.543. The summed E-state index contributed by atoms with van der Waals surface area (Å²) in [7, 11) is 1.39. The fourth-order valence-corrected chi connectivity index (χ4v) is 4.24. The molecule has 0 atom stereocenters. The number of fused-ring (bicyclic) bond motifs is 1. The second-order valence-electron chi connectivity index (χ2n) is 8.18. The molecule has 10 heteroatoms. The van der Waals surface area contributed by atoms with Crippen LogP contribution in [0, 0.1) is 0 Å². The van der Waals surface area contributed by atoms with Gasteiger partial charge in [-0.1, -0.05) is 13.5 Å². The lowest BCUT2D eigenvalue weighted by Crippen LogP contribution is -2.45. The number of nitrogens with zero attached hydrogens (tertiary/aromatic N) is 4. The average Bonchev–Trinajstić information content (AvgIpc) is 3.27. The molecule has 4 rings (SSSR count). The van der Waals surface area contributed by atoms with Gasteiger partial charge in [0.15, 0.2) is 0 Å². The second kappa shape index (κ2) is 9.63. The van der Waals surface area contributed by atoms with Gasteiger partial charge in [-0.15, -0.1) is 0 Å². The van der Waals surface area contributed by atoms with E-state index in [-0.39, 0.29) is 23.7 Å². The number of hydrogen-bond acceptors (Lipinski definition) is 7. The van der Waals surface area contributed by atoms with Crippen molar-refractivity contribution in [1.29, 1.82) is 0 Å². The van der Waals surface area contributed by atoms with Crippen molar-refractivity contribution in [3.8, 4) is 17.2 Å². The van der Waals surface area contributed by atoms with Gasteiger partial charge in [0.05, 0.1) is 19.4 Å². The number of rotatable bonds is 7. The van der Waals surface area contributed by atoms with Gasteiger partial charge < -0.3 is 19.8 Å². The molecule has 0 spiro atoms. The van der Waals surface area contributed by atoms with Gasteiger partial charge in [-0.25, -0.2) is 9.97 Å². The lowest BCUT2D eigenvalue weighted by Gasteiger charge is -2.36. The molecule has 3 heterocycles. The lowest BCUT2D eigenvalue weighted by molar-refractivity contribution is -0.140. The zero-order valence-electron chi connectivity index (χ0n) is 19.3. The standard InChI is InChI=1S/C24H28F3N5O2/c1-4-9-31-10-12-32(13-11-31)15(2)21-19(14-28)34-23(30-21)17-5-7-18(33-3)22-16(17)6-8-20(29-22)24(25,26)27/h5-8H,2,4,9-14,28H2,1,3H3. The summed E-state index contributed by atoms with van der Waals surface area (Å²) in [5.41, 5.74) is 6.80. The molecule has 0 unspecified atom stereocenters. The van der Waals surface area contributed by atoms with Crippen molar-refractivity contribution in [3.05, 3.63) is 48.0 Å². The monoisotopic (exact) mass is 475 g/mol. The van der Waals surface area contributed by atoms with Gasteiger partial charge in [0, 0.05) is 37.1 Å². The predicted molar refractivity (Wildman–Crippen MR) is 124 cm³/mol. The minimum Gasteiger partial charge on any atom is -0.494 e. The molecule has 0 bridgehead atoms. The van der Waals surface area contributed by atoms with Crippen LogP contribution in [0.25, 0.3) is 28.1 Å². The van der Waals surface area contributed by atoms with Crippen molar-refractivity contribution in [3.63, 3.8) is 0 Å². The van der Waals surface area contributed by atoms with E-state index >= 15 is 0 Å². The number of alkyl halides is 3. The van der Waals surface area contributed by atoms with Crippen LogP contribution in [0.3, 0.4) is 0 Å². The van der Waals surface area contributed by atoms with E-state index in [4.69, 9.17) is 14.9 Å². The maximum absolute atomic E-state index is 13.2. The van der Waals surface area contributed by atoms with E-state index in [0.717, 1.165) is 50.9 Å². The Labute approximate surface area is 196 Å². The first-order valence-electron chi connectivity index (χ1n) is 11.2. The van der Waals surface area contributed by atoms with Gasteiger partial charge in [-0.2, -0.15) is 13.2 Å². The Morgan fingerprint density at radius 2 is 1.88 bits per heavy atom. The minimum absolute atomic E-state index is 0.0785. The van der Waals surface area contributed by atoms with E-state index < -0.39 is 11.9 Å². The molecule has 2 aromatic heterocycles. The molecule has 182 valence electrons. The lowest BCUT2D eigenvalue weighted by atomic mass is 10.1. The summed E-state index contributed by atoms with van der Waals surface area (Å²) in [6, 6.07) is 5.54. The summed E-state index contributed by atoms with van der Waals surface area (Å²) in [5, 5.41) is 0.433. The molecule has 0 amide bonds. The number of hydrogen-bond donors (Lipinski definition) is 1. The van der Waals surface area contributed by atoms with E-state index in [2.05, 4.69) is 33.3 Å². The van der Waals surface area contributed by atoms with Crippen molar-refractivity contribution in [2.24, 2.45) is 5.73 Å². The summed E-state index contributed by atoms with van der Waals surface area (Å²) < 4.78 is 51.0. The number of benzene rings is 1. The first-order valence-corrected chi connectivity index (χ1v) is 11.2. The average molecular weight is 476 g/mol. The van der Waals surface area contributed by atoms with Gasteiger partial charge in [0.25, 0.3) is 0 Å². The largest absolute Gasteiger partial charge is 0.494 e. The van der Waals surface area contributed by atoms with Crippen LogP contribution in [-0.4, -0.2) is 59.6 Å². The third-order valence-corrected chi connectivity index (χ3v) is 6.01. The molecule has 1 fully saturated rings. The molecule has 1 saturated heterocycles. The zero-order chi connectivity index (χ0) is 24.5. The van der Waals surface area contributed by atoms with Crippen LogP contribution in [0.5, 0.6) is 5.75 Å². The molecule has 1 aromatic carbocycles. The first-order chi connectivity index (χ1) is 16.3. The highest BCUT2D eigenvalue weighted by Gasteiger charge is 2.33. The Balaban J connectivity index is 1.71. The Bertz CT molecular complexity index is 1180. The smallest absolute Gasteiger partial charge is 0.433 e. The van der Waals surface area contributed by atoms with Crippen molar-refractivity contribution < 1.29 is 22.3 Å². The maximum Gasteiger partial charge on any atom is 0.433 e. The second-order valence-corrected chi connectivity index (χ2v) is 8.18. The van der Waals surface area contributed by atoms with Gasteiger partial charge in [-0.05, 0) is 37.2 Å². The molecular weight excluding hydrogens is 447 g/mol. The fourth-order valence-electron chi connectivity index (χ4n) is 4.24. The number of ether oxygens (including phenoxy) is 1. The first kappa shape index (κ1) is 24.0. The van der Waals surface area contributed by atoms with Crippen LogP contribution in [0.2, 0.25) is 0 Å². The topological polar surface area (TPSA) is 80.6 Å². The van der Waals surface area contributed by atoms with Crippen molar-refractivity contribution in [1.82, 2.24) is 19.8 Å². The molecule has 0 aliphatic carbocycles. The number of nitrogens with two attached hydrogens (primary N) is 1. The maximum atomic E-state index is 13.2. The van der Waals surface area contributed by atoms with Gasteiger partial charge in [0.2, 0.25) is 5.89 Å². The summed E-state index contributed by atoms with van der Waals surface area (Å²) >= 11 is 0. The van der Waals surface area contributed by atoms with Crippen LogP contribution < -0.4 is 10.5 Å². The van der Waals surface area contributed by atoms with E-state index in [9.17, 15) is 13.2 Å². The van der Waals surface area contributed by atoms with Crippen LogP contribution in [-0.2, 0) is 12.7 Å². The fraction of sp³-hybridized carbons (Fsp3) is 0.417. The van der Waals surface area contributed by atoms with Crippen LogP contribution in [0.15, 0.2) is 35.3 Å². The molecule has 1 aliphatic heterocycles. The Hall–Kier alpha value is -3.11. The van der Waals surface area contributed by atoms with E-state index in [0.29, 0.717) is 22.4 Å². The Morgan fingerprint density at radius 1 is 1.15 bits per heavy atom. The van der Waals surface area contributed by atoms with E-state index in [1.807, 2.05) is 0 Å². The molecule has 34 heavy (non-hydrogen) atoms. The number of aromatic nitrogens is 2. The Morgan fingerprint density at radius 3 is 2.50 bits per heavy atom. The summed E-state index contributed by atoms with van der Waals surface area (Å²) in [5.74, 6) is 0.945. The summed E-state index contributed by atoms with van der Waals surface area (Å²) in [4.78, 5) is 13.0. The minimum atomic E-state index is -4.57. The normalized spacial score (nSPS) is 15.2. The summed E-state index contributed by atoms with van der Waals surface area (Å²) in [6.07, 6.45) is -3.46. The third-order valence-electron chi connectivity index (χ3n) is 6.01. The molecule has 2 N–H and O–H groups in total. The van der Waals surface area contributed by atoms with E-state index in [1.165, 1.54) is 13.2 Å². The number of oxazole rings is 1. The molecule has 3 aromatic rings. The molecular formula is C24H28F3N5O2. The molecule has 0 radical (unpaired) electrons. The van der Waals surface area contributed by atoms with Crippen LogP contribution in [0.1, 0.15) is 30.5 Å².